The van der Waals surface area contributed by atoms with Crippen molar-refractivity contribution in [2.24, 2.45) is 5.41 Å². The molecule has 2 aliphatic rings. The van der Waals surface area contributed by atoms with Crippen molar-refractivity contribution in [3.63, 3.8) is 0 Å². The van der Waals surface area contributed by atoms with Gasteiger partial charge in [-0.1, -0.05) is 13.3 Å². The Morgan fingerprint density at radius 2 is 2.05 bits per heavy atom. The Bertz CT molecular complexity index is 413. The van der Waals surface area contributed by atoms with Gasteiger partial charge in [-0.15, -0.1) is 0 Å². The summed E-state index contributed by atoms with van der Waals surface area (Å²) in [6.45, 7) is 2.92. The lowest BCUT2D eigenvalue weighted by molar-refractivity contribution is -0.155. The van der Waals surface area contributed by atoms with Crippen LogP contribution in [0.3, 0.4) is 0 Å². The zero-order chi connectivity index (χ0) is 14.8. The van der Waals surface area contributed by atoms with Crippen molar-refractivity contribution >= 4 is 17.8 Å². The molecule has 0 radical (unpaired) electrons. The third-order valence-electron chi connectivity index (χ3n) is 4.51. The number of hydrogen-bond donors (Lipinski definition) is 2. The molecular formula is C14H22N2O4. The van der Waals surface area contributed by atoms with E-state index in [1.165, 1.54) is 0 Å². The second kappa shape index (κ2) is 5.81. The number of carboxylic acid groups (broad SMARTS) is 1. The number of amides is 2. The lowest BCUT2D eigenvalue weighted by Gasteiger charge is -2.39. The number of aliphatic carboxylic acids is 1. The van der Waals surface area contributed by atoms with Crippen LogP contribution in [0, 0.1) is 5.41 Å². The molecule has 2 fully saturated rings. The summed E-state index contributed by atoms with van der Waals surface area (Å²) >= 11 is 0. The van der Waals surface area contributed by atoms with Gasteiger partial charge in [0.1, 0.15) is 6.04 Å². The molecule has 2 saturated heterocycles. The maximum atomic E-state index is 12.2. The van der Waals surface area contributed by atoms with E-state index in [0.29, 0.717) is 45.2 Å². The van der Waals surface area contributed by atoms with Crippen LogP contribution in [0.1, 0.15) is 45.4 Å². The summed E-state index contributed by atoms with van der Waals surface area (Å²) in [6, 6.07) is -0.411. The summed E-state index contributed by atoms with van der Waals surface area (Å²) in [5, 5.41) is 12.1. The van der Waals surface area contributed by atoms with Gasteiger partial charge >= 0.3 is 5.97 Å². The van der Waals surface area contributed by atoms with Crippen LogP contribution in [0.2, 0.25) is 0 Å². The largest absolute Gasteiger partial charge is 0.481 e. The molecule has 0 aliphatic carbocycles. The number of nitrogens with zero attached hydrogens (tertiary/aromatic N) is 1. The van der Waals surface area contributed by atoms with Gasteiger partial charge in [-0.3, -0.25) is 14.4 Å². The van der Waals surface area contributed by atoms with Crippen LogP contribution in [0.4, 0.5) is 0 Å². The summed E-state index contributed by atoms with van der Waals surface area (Å²) < 4.78 is 0. The maximum Gasteiger partial charge on any atom is 0.309 e. The average Bonchev–Trinajstić information content (AvgIpc) is 2.85. The molecule has 2 amide bonds. The Morgan fingerprint density at radius 1 is 1.40 bits per heavy atom. The molecule has 6 heteroatoms. The van der Waals surface area contributed by atoms with Crippen LogP contribution in [-0.4, -0.2) is 46.9 Å². The average molecular weight is 282 g/mol. The molecule has 6 nitrogen and oxygen atoms in total. The minimum absolute atomic E-state index is 0.0636. The minimum atomic E-state index is -0.749. The summed E-state index contributed by atoms with van der Waals surface area (Å²) in [4.78, 5) is 36.6. The van der Waals surface area contributed by atoms with E-state index in [9.17, 15) is 19.5 Å². The first kappa shape index (κ1) is 14.8. The molecule has 2 N–H and O–H groups in total. The van der Waals surface area contributed by atoms with Gasteiger partial charge in [0.2, 0.25) is 11.8 Å². The fraction of sp³-hybridized carbons (Fsp3) is 0.786. The first-order valence-electron chi connectivity index (χ1n) is 7.30. The first-order chi connectivity index (χ1) is 9.48. The molecule has 0 unspecified atom stereocenters. The SMILES string of the molecule is CCCC1(C(=O)O)CCN(C(=O)[C@H]2CCC(=O)N2)CC1. The quantitative estimate of drug-likeness (QED) is 0.797. The zero-order valence-corrected chi connectivity index (χ0v) is 11.9. The highest BCUT2D eigenvalue weighted by atomic mass is 16.4. The fourth-order valence-electron chi connectivity index (χ4n) is 3.22. The molecule has 0 bridgehead atoms. The van der Waals surface area contributed by atoms with Crippen LogP contribution < -0.4 is 5.32 Å². The number of rotatable bonds is 4. The zero-order valence-electron chi connectivity index (χ0n) is 11.9. The third-order valence-corrected chi connectivity index (χ3v) is 4.51. The van der Waals surface area contributed by atoms with Crippen LogP contribution >= 0.6 is 0 Å². The lowest BCUT2D eigenvalue weighted by Crippen LogP contribution is -2.51. The highest BCUT2D eigenvalue weighted by Crippen LogP contribution is 2.36. The van der Waals surface area contributed by atoms with Crippen molar-refractivity contribution in [3.05, 3.63) is 0 Å². The van der Waals surface area contributed by atoms with E-state index in [0.717, 1.165) is 6.42 Å². The number of carboxylic acids is 1. The second-order valence-electron chi connectivity index (χ2n) is 5.82. The molecule has 20 heavy (non-hydrogen) atoms. The van der Waals surface area contributed by atoms with Crippen molar-refractivity contribution in [2.45, 2.75) is 51.5 Å². The molecule has 0 saturated carbocycles. The summed E-state index contributed by atoms with van der Waals surface area (Å²) in [5.41, 5.74) is -0.676. The molecule has 1 atom stereocenters. The van der Waals surface area contributed by atoms with Gasteiger partial charge in [-0.25, -0.2) is 0 Å². The van der Waals surface area contributed by atoms with E-state index < -0.39 is 17.4 Å². The number of likely N-dealkylation sites (tertiary alicyclic amines) is 1. The van der Waals surface area contributed by atoms with Gasteiger partial charge in [0.25, 0.3) is 0 Å². The van der Waals surface area contributed by atoms with E-state index in [2.05, 4.69) is 5.32 Å². The Kier molecular flexibility index (Phi) is 4.30. The van der Waals surface area contributed by atoms with Crippen LogP contribution in [0.25, 0.3) is 0 Å². The molecule has 0 aromatic heterocycles. The molecule has 2 heterocycles. The standard InChI is InChI=1S/C14H22N2O4/c1-2-5-14(13(19)20)6-8-16(9-7-14)12(18)10-3-4-11(17)15-10/h10H,2-9H2,1H3,(H,15,17)(H,19,20)/t10-/m1/s1. The Hall–Kier alpha value is -1.59. The van der Waals surface area contributed by atoms with E-state index >= 15 is 0 Å². The number of nitrogens with one attached hydrogen (secondary N) is 1. The number of carbonyl (C=O) groups excluding carboxylic acids is 2. The van der Waals surface area contributed by atoms with Gasteiger partial charge in [0.15, 0.2) is 0 Å². The van der Waals surface area contributed by atoms with Crippen molar-refractivity contribution in [3.8, 4) is 0 Å². The van der Waals surface area contributed by atoms with Crippen molar-refractivity contribution in [1.82, 2.24) is 10.2 Å². The number of hydrogen-bond acceptors (Lipinski definition) is 3. The lowest BCUT2D eigenvalue weighted by atomic mass is 9.75. The fourth-order valence-corrected chi connectivity index (χ4v) is 3.22. The molecule has 2 aliphatic heterocycles. The maximum absolute atomic E-state index is 12.2. The molecule has 0 aromatic carbocycles. The summed E-state index contributed by atoms with van der Waals surface area (Å²) in [7, 11) is 0. The van der Waals surface area contributed by atoms with E-state index in [4.69, 9.17) is 0 Å². The van der Waals surface area contributed by atoms with E-state index in [1.54, 1.807) is 4.90 Å². The third kappa shape index (κ3) is 2.78. The van der Waals surface area contributed by atoms with Crippen LogP contribution in [0.15, 0.2) is 0 Å². The highest BCUT2D eigenvalue weighted by molar-refractivity contribution is 5.91. The van der Waals surface area contributed by atoms with Gasteiger partial charge in [-0.2, -0.15) is 0 Å². The number of piperidine rings is 1. The molecule has 112 valence electrons. The molecule has 0 aromatic rings. The summed E-state index contributed by atoms with van der Waals surface area (Å²) in [6.07, 6.45) is 3.45. The first-order valence-corrected chi connectivity index (χ1v) is 7.30. The monoisotopic (exact) mass is 282 g/mol. The minimum Gasteiger partial charge on any atom is -0.481 e. The molecular weight excluding hydrogens is 260 g/mol. The van der Waals surface area contributed by atoms with E-state index in [1.807, 2.05) is 6.92 Å². The van der Waals surface area contributed by atoms with Crippen LogP contribution in [0.5, 0.6) is 0 Å². The van der Waals surface area contributed by atoms with E-state index in [-0.39, 0.29) is 11.8 Å². The van der Waals surface area contributed by atoms with Gasteiger partial charge in [0.05, 0.1) is 5.41 Å². The Morgan fingerprint density at radius 3 is 2.50 bits per heavy atom. The van der Waals surface area contributed by atoms with Crippen LogP contribution in [-0.2, 0) is 14.4 Å². The smallest absolute Gasteiger partial charge is 0.309 e. The predicted molar refractivity (Wildman–Crippen MR) is 72.0 cm³/mol. The number of carbonyl (C=O) groups is 3. The van der Waals surface area contributed by atoms with Gasteiger partial charge < -0.3 is 15.3 Å². The highest BCUT2D eigenvalue weighted by Gasteiger charge is 2.42. The normalized spacial score (nSPS) is 25.4. The van der Waals surface area contributed by atoms with Gasteiger partial charge in [-0.05, 0) is 25.7 Å². The molecule has 0 spiro atoms. The van der Waals surface area contributed by atoms with Crippen molar-refractivity contribution in [2.75, 3.05) is 13.1 Å². The predicted octanol–water partition coefficient (Wildman–Crippen LogP) is 0.758. The second-order valence-corrected chi connectivity index (χ2v) is 5.82. The van der Waals surface area contributed by atoms with Gasteiger partial charge in [0, 0.05) is 19.5 Å². The van der Waals surface area contributed by atoms with Crippen molar-refractivity contribution < 1.29 is 19.5 Å². The Labute approximate surface area is 118 Å². The summed E-state index contributed by atoms with van der Waals surface area (Å²) in [5.74, 6) is -0.891. The molecule has 2 rings (SSSR count). The topological polar surface area (TPSA) is 86.7 Å². The van der Waals surface area contributed by atoms with Crippen molar-refractivity contribution in [1.29, 1.82) is 0 Å². The Balaban J connectivity index is 1.94.